The molecule has 1 aliphatic heterocycles. The van der Waals surface area contributed by atoms with Gasteiger partial charge in [0.25, 0.3) is 0 Å². The van der Waals surface area contributed by atoms with Gasteiger partial charge in [0.1, 0.15) is 13.3 Å². The number of hydrogen-bond acceptors (Lipinski definition) is 4. The summed E-state index contributed by atoms with van der Waals surface area (Å²) in [6.07, 6.45) is -0.964. The van der Waals surface area contributed by atoms with E-state index in [4.69, 9.17) is 9.47 Å². The van der Waals surface area contributed by atoms with Crippen LogP contribution in [0.3, 0.4) is 0 Å². The quantitative estimate of drug-likeness (QED) is 0.942. The lowest BCUT2D eigenvalue weighted by molar-refractivity contribution is -0.0671. The van der Waals surface area contributed by atoms with Gasteiger partial charge in [-0.25, -0.2) is 4.79 Å². The largest absolute Gasteiger partial charge is 0.444 e. The zero-order valence-electron chi connectivity index (χ0n) is 12.7. The number of nitrogens with zero attached hydrogens (tertiary/aromatic N) is 1. The van der Waals surface area contributed by atoms with Gasteiger partial charge in [-0.15, -0.1) is 0 Å². The standard InChI is InChI=1S/C18H19NO4/c20-17-16(11-14-7-3-1-4-8-14)19(13-23-17)18(21)22-12-15-9-5-2-6-10-15/h1-10,16-17,20H,11-13H2/t16-,17+/m0/s1. The smallest absolute Gasteiger partial charge is 0.412 e. The van der Waals surface area contributed by atoms with E-state index in [0.29, 0.717) is 6.42 Å². The van der Waals surface area contributed by atoms with Crippen molar-refractivity contribution in [1.82, 2.24) is 4.90 Å². The van der Waals surface area contributed by atoms with E-state index in [1.807, 2.05) is 60.7 Å². The van der Waals surface area contributed by atoms with Crippen molar-refractivity contribution in [2.45, 2.75) is 25.4 Å². The number of hydrogen-bond donors (Lipinski definition) is 1. The van der Waals surface area contributed by atoms with Gasteiger partial charge in [0.2, 0.25) is 0 Å². The van der Waals surface area contributed by atoms with Gasteiger partial charge in [-0.05, 0) is 17.5 Å². The van der Waals surface area contributed by atoms with Gasteiger partial charge in [0.05, 0.1) is 6.04 Å². The normalized spacial score (nSPS) is 20.5. The predicted octanol–water partition coefficient (Wildman–Crippen LogP) is 2.54. The minimum atomic E-state index is -1.00. The molecule has 2 atom stereocenters. The second kappa shape index (κ2) is 7.26. The lowest BCUT2D eigenvalue weighted by Crippen LogP contribution is -2.41. The maximum absolute atomic E-state index is 12.3. The molecule has 3 rings (SSSR count). The summed E-state index contributed by atoms with van der Waals surface area (Å²) in [5, 5.41) is 9.98. The summed E-state index contributed by atoms with van der Waals surface area (Å²) in [5.41, 5.74) is 1.95. The molecule has 0 spiro atoms. The molecular formula is C18H19NO4. The van der Waals surface area contributed by atoms with Crippen molar-refractivity contribution in [3.8, 4) is 0 Å². The lowest BCUT2D eigenvalue weighted by atomic mass is 10.1. The van der Waals surface area contributed by atoms with Crippen LogP contribution in [-0.4, -0.2) is 35.2 Å². The Kier molecular flexibility index (Phi) is 4.90. The van der Waals surface area contributed by atoms with Gasteiger partial charge in [-0.2, -0.15) is 0 Å². The maximum Gasteiger partial charge on any atom is 0.412 e. The summed E-state index contributed by atoms with van der Waals surface area (Å²) in [4.78, 5) is 13.7. The molecule has 1 fully saturated rings. The van der Waals surface area contributed by atoms with E-state index >= 15 is 0 Å². The van der Waals surface area contributed by atoms with E-state index < -0.39 is 18.4 Å². The fraction of sp³-hybridized carbons (Fsp3) is 0.278. The van der Waals surface area contributed by atoms with Crippen LogP contribution >= 0.6 is 0 Å². The number of ether oxygens (including phenoxy) is 2. The number of benzene rings is 2. The van der Waals surface area contributed by atoms with Crippen molar-refractivity contribution in [2.75, 3.05) is 6.73 Å². The van der Waals surface area contributed by atoms with Crippen LogP contribution in [-0.2, 0) is 22.5 Å². The predicted molar refractivity (Wildman–Crippen MR) is 84.4 cm³/mol. The molecule has 0 aliphatic carbocycles. The minimum absolute atomic E-state index is 0.0340. The Labute approximate surface area is 135 Å². The Morgan fingerprint density at radius 2 is 1.70 bits per heavy atom. The van der Waals surface area contributed by atoms with Crippen LogP contribution in [0.15, 0.2) is 60.7 Å². The van der Waals surface area contributed by atoms with E-state index in [1.165, 1.54) is 4.90 Å². The second-order valence-electron chi connectivity index (χ2n) is 5.45. The maximum atomic E-state index is 12.3. The summed E-state index contributed by atoms with van der Waals surface area (Å²) in [5.74, 6) is 0. The second-order valence-corrected chi connectivity index (χ2v) is 5.45. The Hall–Kier alpha value is -2.37. The van der Waals surface area contributed by atoms with Crippen LogP contribution in [0.1, 0.15) is 11.1 Å². The first kappa shape index (κ1) is 15.5. The van der Waals surface area contributed by atoms with Gasteiger partial charge in [0.15, 0.2) is 6.29 Å². The van der Waals surface area contributed by atoms with E-state index in [1.54, 1.807) is 0 Å². The van der Waals surface area contributed by atoms with Gasteiger partial charge in [-0.1, -0.05) is 60.7 Å². The third-order valence-electron chi connectivity index (χ3n) is 3.84. The molecule has 0 unspecified atom stereocenters. The summed E-state index contributed by atoms with van der Waals surface area (Å²) in [6.45, 7) is 0.233. The van der Waals surface area contributed by atoms with Crippen molar-refractivity contribution < 1.29 is 19.4 Å². The van der Waals surface area contributed by atoms with Gasteiger partial charge in [0, 0.05) is 0 Å². The van der Waals surface area contributed by atoms with Gasteiger partial charge >= 0.3 is 6.09 Å². The molecule has 5 heteroatoms. The number of aliphatic hydroxyl groups excluding tert-OH is 1. The summed E-state index contributed by atoms with van der Waals surface area (Å²) >= 11 is 0. The molecular weight excluding hydrogens is 294 g/mol. The molecule has 0 aromatic heterocycles. The summed E-state index contributed by atoms with van der Waals surface area (Å²) < 4.78 is 10.5. The van der Waals surface area contributed by atoms with E-state index in [2.05, 4.69) is 0 Å². The van der Waals surface area contributed by atoms with Crippen LogP contribution in [0.2, 0.25) is 0 Å². The number of rotatable bonds is 4. The third-order valence-corrected chi connectivity index (χ3v) is 3.84. The highest BCUT2D eigenvalue weighted by molar-refractivity contribution is 5.68. The number of aliphatic hydroxyl groups is 1. The van der Waals surface area contributed by atoms with Crippen LogP contribution in [0.4, 0.5) is 4.79 Å². The first-order valence-corrected chi connectivity index (χ1v) is 7.55. The lowest BCUT2D eigenvalue weighted by Gasteiger charge is -2.23. The minimum Gasteiger partial charge on any atom is -0.444 e. The Morgan fingerprint density at radius 1 is 1.09 bits per heavy atom. The summed E-state index contributed by atoms with van der Waals surface area (Å²) in [6, 6.07) is 18.7. The van der Waals surface area contributed by atoms with Gasteiger partial charge in [-0.3, -0.25) is 4.90 Å². The van der Waals surface area contributed by atoms with Crippen molar-refractivity contribution in [3.05, 3.63) is 71.8 Å². The van der Waals surface area contributed by atoms with Crippen molar-refractivity contribution in [1.29, 1.82) is 0 Å². The van der Waals surface area contributed by atoms with Crippen LogP contribution < -0.4 is 0 Å². The molecule has 1 amide bonds. The average Bonchev–Trinajstić information content (AvgIpc) is 2.95. The average molecular weight is 313 g/mol. The molecule has 23 heavy (non-hydrogen) atoms. The van der Waals surface area contributed by atoms with Crippen molar-refractivity contribution >= 4 is 6.09 Å². The molecule has 0 saturated carbocycles. The Balaban J connectivity index is 1.62. The number of amides is 1. The van der Waals surface area contributed by atoms with Crippen molar-refractivity contribution in [2.24, 2.45) is 0 Å². The first-order chi connectivity index (χ1) is 11.2. The van der Waals surface area contributed by atoms with Crippen LogP contribution in [0.25, 0.3) is 0 Å². The number of carbonyl (C=O) groups excluding carboxylic acids is 1. The van der Waals surface area contributed by atoms with E-state index in [9.17, 15) is 9.90 Å². The molecule has 1 heterocycles. The number of carbonyl (C=O) groups is 1. The van der Waals surface area contributed by atoms with Crippen LogP contribution in [0, 0.1) is 0 Å². The fourth-order valence-corrected chi connectivity index (χ4v) is 2.57. The molecule has 120 valence electrons. The topological polar surface area (TPSA) is 59.0 Å². The van der Waals surface area contributed by atoms with E-state index in [-0.39, 0.29) is 13.3 Å². The molecule has 2 aromatic rings. The molecule has 1 aliphatic rings. The molecule has 0 bridgehead atoms. The monoisotopic (exact) mass is 313 g/mol. The molecule has 1 N–H and O–H groups in total. The molecule has 1 saturated heterocycles. The third kappa shape index (κ3) is 3.88. The molecule has 5 nitrogen and oxygen atoms in total. The van der Waals surface area contributed by atoms with Crippen molar-refractivity contribution in [3.63, 3.8) is 0 Å². The Morgan fingerprint density at radius 3 is 2.35 bits per heavy atom. The van der Waals surface area contributed by atoms with Crippen LogP contribution in [0.5, 0.6) is 0 Å². The highest BCUT2D eigenvalue weighted by Gasteiger charge is 2.37. The molecule has 0 radical (unpaired) electrons. The van der Waals surface area contributed by atoms with Gasteiger partial charge < -0.3 is 14.6 Å². The highest BCUT2D eigenvalue weighted by Crippen LogP contribution is 2.21. The molecule has 2 aromatic carbocycles. The van der Waals surface area contributed by atoms with E-state index in [0.717, 1.165) is 11.1 Å². The summed E-state index contributed by atoms with van der Waals surface area (Å²) in [7, 11) is 0. The first-order valence-electron chi connectivity index (χ1n) is 7.55. The fourth-order valence-electron chi connectivity index (χ4n) is 2.57. The zero-order chi connectivity index (χ0) is 16.1. The Bertz CT molecular complexity index is 632. The highest BCUT2D eigenvalue weighted by atomic mass is 16.6. The zero-order valence-corrected chi connectivity index (χ0v) is 12.7. The SMILES string of the molecule is O=C(OCc1ccccc1)N1CO[C@@H](O)[C@@H]1Cc1ccccc1.